The molecule has 1 N–H and O–H groups in total. The van der Waals surface area contributed by atoms with E-state index in [2.05, 4.69) is 58.1 Å². The van der Waals surface area contributed by atoms with E-state index in [-0.39, 0.29) is 35.4 Å². The van der Waals surface area contributed by atoms with Crippen LogP contribution < -0.4 is 4.90 Å². The lowest BCUT2D eigenvalue weighted by atomic mass is 9.60. The zero-order chi connectivity index (χ0) is 32.4. The van der Waals surface area contributed by atoms with Gasteiger partial charge in [-0.2, -0.15) is 10.2 Å². The van der Waals surface area contributed by atoms with E-state index in [1.165, 1.54) is 6.08 Å². The van der Waals surface area contributed by atoms with E-state index in [4.69, 9.17) is 21.4 Å². The largest absolute Gasteiger partial charge is 0.370 e. The predicted octanol–water partition coefficient (Wildman–Crippen LogP) is 4.20. The number of morpholine rings is 1. The van der Waals surface area contributed by atoms with E-state index < -0.39 is 0 Å². The molecule has 46 heavy (non-hydrogen) atoms. The van der Waals surface area contributed by atoms with Gasteiger partial charge in [0.25, 0.3) is 0 Å². The second-order valence-corrected chi connectivity index (χ2v) is 14.5. The minimum atomic E-state index is -0.181. The number of fused-ring (bicyclic) bond motifs is 1. The maximum Gasteiger partial charge on any atom is 0.248 e. The number of nitrogens with one attached hydrogen (secondary N) is 1. The molecule has 1 aromatic carbocycles. The van der Waals surface area contributed by atoms with Crippen LogP contribution in [0.2, 0.25) is 5.02 Å². The highest BCUT2D eigenvalue weighted by molar-refractivity contribution is 6.36. The van der Waals surface area contributed by atoms with Crippen LogP contribution in [0, 0.1) is 19.3 Å². The van der Waals surface area contributed by atoms with Gasteiger partial charge in [0.05, 0.1) is 34.9 Å². The lowest BCUT2D eigenvalue weighted by molar-refractivity contribution is -0.149. The number of carbonyl (C=O) groups excluding carboxylic acids is 2. The van der Waals surface area contributed by atoms with Gasteiger partial charge in [-0.25, -0.2) is 0 Å². The molecule has 7 rings (SSSR count). The third-order valence-electron chi connectivity index (χ3n) is 11.1. The van der Waals surface area contributed by atoms with Crippen LogP contribution in [-0.4, -0.2) is 118 Å². The van der Waals surface area contributed by atoms with Crippen LogP contribution >= 0.6 is 11.6 Å². The summed E-state index contributed by atoms with van der Waals surface area (Å²) in [6, 6.07) is 2.32. The Morgan fingerprint density at radius 3 is 2.67 bits per heavy atom. The van der Waals surface area contributed by atoms with Gasteiger partial charge >= 0.3 is 0 Å². The number of benzene rings is 1. The lowest BCUT2D eigenvalue weighted by Crippen LogP contribution is -2.63. The van der Waals surface area contributed by atoms with Crippen molar-refractivity contribution in [2.75, 3.05) is 70.5 Å². The molecule has 1 atom stereocenters. The molecule has 0 radical (unpaired) electrons. The molecule has 1 spiro atoms. The molecule has 12 heteroatoms. The number of aryl methyl sites for hydroxylation is 1. The Morgan fingerprint density at radius 1 is 1.17 bits per heavy atom. The fourth-order valence-corrected chi connectivity index (χ4v) is 8.52. The molecule has 5 heterocycles. The normalized spacial score (nSPS) is 23.7. The first-order chi connectivity index (χ1) is 22.1. The number of amides is 2. The van der Waals surface area contributed by atoms with Gasteiger partial charge in [-0.05, 0) is 57.7 Å². The number of ether oxygens (including phenoxy) is 1. The van der Waals surface area contributed by atoms with Crippen molar-refractivity contribution in [3.8, 4) is 11.1 Å². The highest BCUT2D eigenvalue weighted by Crippen LogP contribution is 2.56. The monoisotopic (exact) mass is 648 g/mol. The minimum absolute atomic E-state index is 0.0154. The van der Waals surface area contributed by atoms with Crippen LogP contribution in [0.3, 0.4) is 0 Å². The number of anilines is 1. The average molecular weight is 649 g/mol. The van der Waals surface area contributed by atoms with E-state index >= 15 is 0 Å². The third kappa shape index (κ3) is 5.11. The summed E-state index contributed by atoms with van der Waals surface area (Å²) in [5.41, 5.74) is 5.11. The van der Waals surface area contributed by atoms with Crippen molar-refractivity contribution >= 4 is 40.1 Å². The minimum Gasteiger partial charge on any atom is -0.370 e. The molecule has 3 saturated heterocycles. The number of H-pyrrole nitrogens is 1. The quantitative estimate of drug-likeness (QED) is 0.366. The van der Waals surface area contributed by atoms with Crippen molar-refractivity contribution in [1.29, 1.82) is 0 Å². The summed E-state index contributed by atoms with van der Waals surface area (Å²) >= 11 is 7.18. The molecule has 0 unspecified atom stereocenters. The van der Waals surface area contributed by atoms with Crippen LogP contribution in [0.25, 0.3) is 22.0 Å². The fraction of sp³-hybridized carbons (Fsp3) is 0.588. The van der Waals surface area contributed by atoms with E-state index in [0.717, 1.165) is 109 Å². The molecule has 1 aliphatic carbocycles. The van der Waals surface area contributed by atoms with Crippen LogP contribution in [0.5, 0.6) is 0 Å². The number of rotatable bonds is 8. The summed E-state index contributed by atoms with van der Waals surface area (Å²) < 4.78 is 7.57. The van der Waals surface area contributed by atoms with Crippen molar-refractivity contribution in [3.05, 3.63) is 41.2 Å². The molecule has 0 bridgehead atoms. The van der Waals surface area contributed by atoms with Gasteiger partial charge in [-0.1, -0.05) is 25.1 Å². The molecule has 4 aliphatic rings. The number of aromatic amines is 1. The van der Waals surface area contributed by atoms with E-state index in [0.29, 0.717) is 13.2 Å². The van der Waals surface area contributed by atoms with E-state index in [1.54, 1.807) is 0 Å². The second kappa shape index (κ2) is 11.7. The van der Waals surface area contributed by atoms with Gasteiger partial charge < -0.3 is 19.4 Å². The first-order valence-corrected chi connectivity index (χ1v) is 16.9. The molecular weight excluding hydrogens is 604 g/mol. The van der Waals surface area contributed by atoms with E-state index in [1.807, 2.05) is 22.9 Å². The molecule has 2 amide bonds. The SMILES string of the molecule is C=CC(=O)N1CC2(CC(n3nc(N4CCN(CCN5CCOCC5=O)C[C@]4(C)CC)c(-c4c(Cl)c(C)cc5[nH]ncc45)c3C)C2)C1. The van der Waals surface area contributed by atoms with Crippen LogP contribution in [0.15, 0.2) is 24.9 Å². The summed E-state index contributed by atoms with van der Waals surface area (Å²) in [5.74, 6) is 1.06. The first-order valence-electron chi connectivity index (χ1n) is 16.5. The van der Waals surface area contributed by atoms with Gasteiger partial charge in [-0.15, -0.1) is 0 Å². The number of aromatic nitrogens is 4. The zero-order valence-electron chi connectivity index (χ0n) is 27.4. The molecule has 4 fully saturated rings. The van der Waals surface area contributed by atoms with Crippen LogP contribution in [0.4, 0.5) is 5.82 Å². The summed E-state index contributed by atoms with van der Waals surface area (Å²) in [6.45, 7) is 19.6. The van der Waals surface area contributed by atoms with Gasteiger partial charge in [0.2, 0.25) is 11.8 Å². The Kier molecular flexibility index (Phi) is 7.92. The topological polar surface area (TPSA) is 103 Å². The highest BCUT2D eigenvalue weighted by atomic mass is 35.5. The average Bonchev–Trinajstić information content (AvgIpc) is 3.60. The number of nitrogens with zero attached hydrogens (tertiary/aromatic N) is 7. The molecule has 3 aliphatic heterocycles. The highest BCUT2D eigenvalue weighted by Gasteiger charge is 2.55. The Morgan fingerprint density at radius 2 is 1.96 bits per heavy atom. The molecule has 246 valence electrons. The molecular formula is C34H45ClN8O3. The third-order valence-corrected chi connectivity index (χ3v) is 11.6. The maximum absolute atomic E-state index is 12.4. The number of carbonyl (C=O) groups is 2. The van der Waals surface area contributed by atoms with Crippen molar-refractivity contribution in [1.82, 2.24) is 34.7 Å². The number of hydrogen-bond donors (Lipinski definition) is 1. The predicted molar refractivity (Wildman–Crippen MR) is 179 cm³/mol. The van der Waals surface area contributed by atoms with Gasteiger partial charge in [-0.3, -0.25) is 24.3 Å². The van der Waals surface area contributed by atoms with Crippen molar-refractivity contribution in [2.24, 2.45) is 5.41 Å². The summed E-state index contributed by atoms with van der Waals surface area (Å²) in [4.78, 5) is 33.3. The number of halogens is 1. The Hall–Kier alpha value is -3.41. The second-order valence-electron chi connectivity index (χ2n) is 14.1. The number of hydrogen-bond acceptors (Lipinski definition) is 7. The molecule has 3 aromatic rings. The summed E-state index contributed by atoms with van der Waals surface area (Å²) in [6.07, 6.45) is 6.22. The first kappa shape index (κ1) is 31.2. The Bertz CT molecular complexity index is 1680. The summed E-state index contributed by atoms with van der Waals surface area (Å²) in [5, 5.41) is 14.7. The van der Waals surface area contributed by atoms with Crippen LogP contribution in [-0.2, 0) is 14.3 Å². The molecule has 11 nitrogen and oxygen atoms in total. The van der Waals surface area contributed by atoms with Crippen molar-refractivity contribution in [3.63, 3.8) is 0 Å². The van der Waals surface area contributed by atoms with Crippen molar-refractivity contribution in [2.45, 2.75) is 58.5 Å². The Balaban J connectivity index is 1.22. The van der Waals surface area contributed by atoms with Gasteiger partial charge in [0.15, 0.2) is 5.82 Å². The van der Waals surface area contributed by atoms with E-state index in [9.17, 15) is 9.59 Å². The fourth-order valence-electron chi connectivity index (χ4n) is 8.27. The molecule has 2 aromatic heterocycles. The van der Waals surface area contributed by atoms with Crippen LogP contribution in [0.1, 0.15) is 50.4 Å². The zero-order valence-corrected chi connectivity index (χ0v) is 28.2. The smallest absolute Gasteiger partial charge is 0.248 e. The van der Waals surface area contributed by atoms with Gasteiger partial charge in [0.1, 0.15) is 6.61 Å². The Labute approximate surface area is 275 Å². The molecule has 1 saturated carbocycles. The standard InChI is InChI=1S/C34H45ClN8O3/c1-6-27(44)41-20-34(21-41)15-24(16-34)43-23(4)29(30-25-17-36-37-26(25)14-22(3)31(30)35)32(38-43)42-11-9-39(19-33(42,5)7-2)8-10-40-12-13-46-18-28(40)45/h6,14,17,24H,1,7-13,15-16,18-21H2,2-5H3,(H,36,37)/t33-/m0/s1. The van der Waals surface area contributed by atoms with Gasteiger partial charge in [0, 0.05) is 80.0 Å². The lowest BCUT2D eigenvalue weighted by Gasteiger charge is -2.58. The summed E-state index contributed by atoms with van der Waals surface area (Å²) in [7, 11) is 0. The maximum atomic E-state index is 12.4. The number of likely N-dealkylation sites (tertiary alicyclic amines) is 1. The van der Waals surface area contributed by atoms with Crippen molar-refractivity contribution < 1.29 is 14.3 Å². The number of piperazine rings is 1.